The van der Waals surface area contributed by atoms with Crippen LogP contribution in [0.25, 0.3) is 0 Å². The van der Waals surface area contributed by atoms with Gasteiger partial charge in [-0.1, -0.05) is 12.1 Å². The van der Waals surface area contributed by atoms with Crippen molar-refractivity contribution in [2.45, 2.75) is 39.4 Å². The second-order valence-electron chi connectivity index (χ2n) is 7.58. The topological polar surface area (TPSA) is 85.9 Å². The molecule has 0 atom stereocenters. The van der Waals surface area contributed by atoms with Gasteiger partial charge in [-0.05, 0) is 63.1 Å². The highest BCUT2D eigenvalue weighted by Crippen LogP contribution is 2.29. The molecule has 2 aromatic rings. The van der Waals surface area contributed by atoms with E-state index in [2.05, 4.69) is 15.4 Å². The van der Waals surface area contributed by atoms with Gasteiger partial charge in [-0.15, -0.1) is 0 Å². The molecule has 0 saturated heterocycles. The van der Waals surface area contributed by atoms with E-state index in [-0.39, 0.29) is 24.0 Å². The molecule has 0 aliphatic rings. The van der Waals surface area contributed by atoms with Crippen molar-refractivity contribution in [3.63, 3.8) is 0 Å². The lowest BCUT2D eigenvalue weighted by Gasteiger charge is -2.19. The van der Waals surface area contributed by atoms with Gasteiger partial charge in [0.1, 0.15) is 5.60 Å². The van der Waals surface area contributed by atoms with Gasteiger partial charge in [-0.2, -0.15) is 8.78 Å². The Balaban J connectivity index is 1.94. The summed E-state index contributed by atoms with van der Waals surface area (Å²) in [7, 11) is 1.36. The molecular weight excluding hydrogens is 410 g/mol. The number of carbonyl (C=O) groups is 2. The van der Waals surface area contributed by atoms with Crippen molar-refractivity contribution >= 4 is 17.7 Å². The molecule has 31 heavy (non-hydrogen) atoms. The van der Waals surface area contributed by atoms with Crippen LogP contribution >= 0.6 is 0 Å². The number of anilines is 1. The van der Waals surface area contributed by atoms with Gasteiger partial charge in [0.2, 0.25) is 0 Å². The Labute approximate surface area is 179 Å². The third kappa shape index (κ3) is 8.12. The van der Waals surface area contributed by atoms with Crippen molar-refractivity contribution in [1.29, 1.82) is 0 Å². The zero-order valence-corrected chi connectivity index (χ0v) is 17.8. The predicted molar refractivity (Wildman–Crippen MR) is 112 cm³/mol. The first kappa shape index (κ1) is 23.9. The number of hydrogen-bond acceptors (Lipinski definition) is 5. The van der Waals surface area contributed by atoms with Crippen molar-refractivity contribution in [3.05, 3.63) is 53.6 Å². The van der Waals surface area contributed by atoms with Crippen molar-refractivity contribution in [3.8, 4) is 11.5 Å². The molecule has 0 spiro atoms. The summed E-state index contributed by atoms with van der Waals surface area (Å²) in [4.78, 5) is 24.3. The Bertz CT molecular complexity index is 913. The van der Waals surface area contributed by atoms with E-state index in [4.69, 9.17) is 9.47 Å². The van der Waals surface area contributed by atoms with Gasteiger partial charge in [0.15, 0.2) is 11.5 Å². The minimum atomic E-state index is -2.97. The molecule has 0 radical (unpaired) electrons. The third-order valence-corrected chi connectivity index (χ3v) is 3.91. The van der Waals surface area contributed by atoms with Gasteiger partial charge in [-0.25, -0.2) is 4.79 Å². The van der Waals surface area contributed by atoms with E-state index in [9.17, 15) is 18.4 Å². The van der Waals surface area contributed by atoms with Crippen LogP contribution in [0.4, 0.5) is 19.3 Å². The number of hydrogen-bond donors (Lipinski definition) is 2. The van der Waals surface area contributed by atoms with E-state index in [1.54, 1.807) is 45.0 Å². The molecule has 0 fully saturated rings. The molecule has 9 heteroatoms. The number of rotatable bonds is 8. The van der Waals surface area contributed by atoms with Gasteiger partial charge >= 0.3 is 12.7 Å². The van der Waals surface area contributed by atoms with Crippen LogP contribution in [0.1, 0.15) is 36.7 Å². The zero-order valence-electron chi connectivity index (χ0n) is 17.8. The number of ether oxygens (including phenoxy) is 3. The summed E-state index contributed by atoms with van der Waals surface area (Å²) in [5.74, 6) is -0.213. The molecule has 2 N–H and O–H groups in total. The first-order chi connectivity index (χ1) is 14.6. The number of nitrogens with one attached hydrogen (secondary N) is 2. The fourth-order valence-corrected chi connectivity index (χ4v) is 2.65. The van der Waals surface area contributed by atoms with Crippen LogP contribution in [0.5, 0.6) is 11.5 Å². The average Bonchev–Trinajstić information content (AvgIpc) is 2.66. The van der Waals surface area contributed by atoms with Gasteiger partial charge in [-0.3, -0.25) is 10.1 Å². The Kier molecular flexibility index (Phi) is 8.18. The lowest BCUT2D eigenvalue weighted by molar-refractivity contribution is -0.0512. The molecule has 2 rings (SSSR count). The maximum Gasteiger partial charge on any atom is 0.412 e. The van der Waals surface area contributed by atoms with E-state index in [0.717, 1.165) is 0 Å². The Morgan fingerprint density at radius 1 is 1.06 bits per heavy atom. The largest absolute Gasteiger partial charge is 0.493 e. The van der Waals surface area contributed by atoms with E-state index in [0.29, 0.717) is 23.2 Å². The molecule has 2 aromatic carbocycles. The average molecular weight is 436 g/mol. The molecule has 0 aliphatic carbocycles. The predicted octanol–water partition coefficient (Wildman–Crippen LogP) is 4.62. The molecule has 0 unspecified atom stereocenters. The smallest absolute Gasteiger partial charge is 0.412 e. The maximum absolute atomic E-state index is 12.5. The first-order valence-corrected chi connectivity index (χ1v) is 9.57. The summed E-state index contributed by atoms with van der Waals surface area (Å²) in [5.41, 5.74) is 0.828. The molecule has 7 nitrogen and oxygen atoms in total. The van der Waals surface area contributed by atoms with Crippen LogP contribution in [-0.2, 0) is 11.2 Å². The minimum absolute atomic E-state index is 0.0674. The van der Waals surface area contributed by atoms with E-state index >= 15 is 0 Å². The molecule has 0 saturated carbocycles. The highest BCUT2D eigenvalue weighted by molar-refractivity contribution is 5.96. The quantitative estimate of drug-likeness (QED) is 0.631. The molecule has 0 heterocycles. The normalized spacial score (nSPS) is 11.1. The molecular formula is C22H26F2N2O5. The molecule has 0 bridgehead atoms. The lowest BCUT2D eigenvalue weighted by atomic mass is 10.1. The second-order valence-corrected chi connectivity index (χ2v) is 7.58. The number of amides is 2. The minimum Gasteiger partial charge on any atom is -0.493 e. The summed E-state index contributed by atoms with van der Waals surface area (Å²) < 4.78 is 39.7. The standard InChI is InChI=1S/C22H26F2N2O5/c1-22(2,3)31-21(28)26-16-7-5-6-15(13-16)19(27)25-11-10-14-8-9-17(29-4)18(12-14)30-20(23)24/h5-9,12-13,20H,10-11H2,1-4H3,(H,25,27)(H,26,28). The summed E-state index contributed by atoms with van der Waals surface area (Å²) >= 11 is 0. The molecule has 2 amide bonds. The highest BCUT2D eigenvalue weighted by atomic mass is 19.3. The summed E-state index contributed by atoms with van der Waals surface area (Å²) in [5, 5.41) is 5.33. The van der Waals surface area contributed by atoms with Crippen LogP contribution < -0.4 is 20.1 Å². The fraction of sp³-hybridized carbons (Fsp3) is 0.364. The number of carbonyl (C=O) groups excluding carboxylic acids is 2. The fourth-order valence-electron chi connectivity index (χ4n) is 2.65. The number of halogens is 2. The van der Waals surface area contributed by atoms with Crippen molar-refractivity contribution in [2.24, 2.45) is 0 Å². The maximum atomic E-state index is 12.5. The van der Waals surface area contributed by atoms with Crippen LogP contribution in [-0.4, -0.2) is 37.9 Å². The molecule has 0 aliphatic heterocycles. The first-order valence-electron chi connectivity index (χ1n) is 9.57. The van der Waals surface area contributed by atoms with Crippen molar-refractivity contribution in [1.82, 2.24) is 5.32 Å². The van der Waals surface area contributed by atoms with Gasteiger partial charge in [0.25, 0.3) is 5.91 Å². The van der Waals surface area contributed by atoms with E-state index < -0.39 is 18.3 Å². The van der Waals surface area contributed by atoms with Crippen LogP contribution in [0, 0.1) is 0 Å². The number of methoxy groups -OCH3 is 1. The van der Waals surface area contributed by atoms with Crippen molar-refractivity contribution in [2.75, 3.05) is 19.0 Å². The molecule has 0 aromatic heterocycles. The van der Waals surface area contributed by atoms with Crippen LogP contribution in [0.2, 0.25) is 0 Å². The number of benzene rings is 2. The Hall–Kier alpha value is -3.36. The van der Waals surface area contributed by atoms with Crippen LogP contribution in [0.3, 0.4) is 0 Å². The van der Waals surface area contributed by atoms with E-state index in [1.807, 2.05) is 0 Å². The van der Waals surface area contributed by atoms with Crippen molar-refractivity contribution < 1.29 is 32.6 Å². The molecule has 168 valence electrons. The SMILES string of the molecule is COc1ccc(CCNC(=O)c2cccc(NC(=O)OC(C)(C)C)c2)cc1OC(F)F. The monoisotopic (exact) mass is 436 g/mol. The second kappa shape index (κ2) is 10.6. The summed E-state index contributed by atoms with van der Waals surface area (Å²) in [6.45, 7) is 2.56. The third-order valence-electron chi connectivity index (χ3n) is 3.91. The highest BCUT2D eigenvalue weighted by Gasteiger charge is 2.17. The van der Waals surface area contributed by atoms with E-state index in [1.165, 1.54) is 25.3 Å². The zero-order chi connectivity index (χ0) is 23.0. The Morgan fingerprint density at radius 2 is 1.81 bits per heavy atom. The Morgan fingerprint density at radius 3 is 2.45 bits per heavy atom. The number of alkyl halides is 2. The summed E-state index contributed by atoms with van der Waals surface area (Å²) in [6.07, 6.45) is -0.225. The van der Waals surface area contributed by atoms with Gasteiger partial charge in [0.05, 0.1) is 7.11 Å². The van der Waals surface area contributed by atoms with Crippen LogP contribution in [0.15, 0.2) is 42.5 Å². The van der Waals surface area contributed by atoms with Gasteiger partial charge < -0.3 is 19.5 Å². The van der Waals surface area contributed by atoms with Gasteiger partial charge in [0, 0.05) is 17.8 Å². The summed E-state index contributed by atoms with van der Waals surface area (Å²) in [6, 6.07) is 11.1. The lowest BCUT2D eigenvalue weighted by Crippen LogP contribution is -2.28.